The molecule has 0 aliphatic carbocycles. The highest BCUT2D eigenvalue weighted by Gasteiger charge is 2.56. The van der Waals surface area contributed by atoms with Crippen molar-refractivity contribution in [3.05, 3.63) is 6.20 Å². The molecule has 8 nitrogen and oxygen atoms in total. The number of hydrogen-bond acceptors (Lipinski definition) is 9. The fraction of sp³-hybridized carbons (Fsp3) is 0.636. The summed E-state index contributed by atoms with van der Waals surface area (Å²) in [5, 5.41) is 11.5. The van der Waals surface area contributed by atoms with Gasteiger partial charge in [0.05, 0.1) is 13.3 Å². The average Bonchev–Trinajstić information content (AvgIpc) is 3.06. The van der Waals surface area contributed by atoms with Crippen LogP contribution in [0.3, 0.4) is 0 Å². The van der Waals surface area contributed by atoms with Gasteiger partial charge in [0.1, 0.15) is 21.2 Å². The van der Waals surface area contributed by atoms with Gasteiger partial charge in [0, 0.05) is 17.4 Å². The van der Waals surface area contributed by atoms with Crippen LogP contribution in [0.2, 0.25) is 0 Å². The van der Waals surface area contributed by atoms with Gasteiger partial charge in [-0.3, -0.25) is 14.7 Å². The molecular weight excluding hydrogens is 346 g/mol. The summed E-state index contributed by atoms with van der Waals surface area (Å²) in [5.41, 5.74) is 5.78. The Morgan fingerprint density at radius 1 is 1.73 bits per heavy atom. The highest BCUT2D eigenvalue weighted by molar-refractivity contribution is 8.17. The highest BCUT2D eigenvalue weighted by atomic mass is 32.2. The Balaban J connectivity index is 1.66. The zero-order valence-corrected chi connectivity index (χ0v) is 14.2. The van der Waals surface area contributed by atoms with Gasteiger partial charge < -0.3 is 15.4 Å². The summed E-state index contributed by atoms with van der Waals surface area (Å²) >= 11 is 4.52. The predicted molar refractivity (Wildman–Crippen MR) is 85.4 cm³/mol. The molecule has 3 heterocycles. The largest absolute Gasteiger partial charge is 0.468 e. The van der Waals surface area contributed by atoms with Crippen LogP contribution in [0.25, 0.3) is 0 Å². The number of nitrogens with one attached hydrogen (secondary N) is 1. The molecule has 2 fully saturated rings. The van der Waals surface area contributed by atoms with E-state index in [2.05, 4.69) is 15.4 Å². The van der Waals surface area contributed by atoms with Crippen molar-refractivity contribution < 1.29 is 14.3 Å². The highest BCUT2D eigenvalue weighted by Crippen LogP contribution is 2.45. The van der Waals surface area contributed by atoms with E-state index < -0.39 is 10.8 Å². The number of rotatable bonds is 5. The van der Waals surface area contributed by atoms with Crippen LogP contribution in [-0.2, 0) is 14.3 Å². The SMILES string of the molecule is COC(=O)C1(SCSc2cnn[nH]2)CS[C@@H]2C(N)C(=O)N2C1. The number of nitrogens with two attached hydrogens (primary N) is 1. The summed E-state index contributed by atoms with van der Waals surface area (Å²) < 4.78 is 4.21. The molecule has 2 unspecified atom stereocenters. The third kappa shape index (κ3) is 2.70. The number of hydrogen-bond donors (Lipinski definition) is 2. The Morgan fingerprint density at radius 3 is 3.23 bits per heavy atom. The first-order valence-electron chi connectivity index (χ1n) is 6.46. The van der Waals surface area contributed by atoms with Crippen LogP contribution < -0.4 is 5.73 Å². The molecule has 2 aliphatic heterocycles. The summed E-state index contributed by atoms with van der Waals surface area (Å²) in [6.07, 6.45) is 1.62. The molecule has 2 saturated heterocycles. The van der Waals surface area contributed by atoms with Gasteiger partial charge in [0.25, 0.3) is 0 Å². The fourth-order valence-corrected chi connectivity index (χ4v) is 6.55. The maximum Gasteiger partial charge on any atom is 0.324 e. The van der Waals surface area contributed by atoms with Crippen molar-refractivity contribution in [2.45, 2.75) is 21.2 Å². The van der Waals surface area contributed by atoms with E-state index in [1.54, 1.807) is 22.9 Å². The second-order valence-electron chi connectivity index (χ2n) is 4.91. The molecule has 2 aliphatic rings. The molecule has 0 spiro atoms. The molecule has 1 aromatic rings. The number of carbonyl (C=O) groups excluding carboxylic acids is 2. The zero-order valence-electron chi connectivity index (χ0n) is 11.7. The lowest BCUT2D eigenvalue weighted by molar-refractivity contribution is -0.150. The van der Waals surface area contributed by atoms with Crippen LogP contribution >= 0.6 is 35.3 Å². The summed E-state index contributed by atoms with van der Waals surface area (Å²) in [6, 6.07) is -0.448. The van der Waals surface area contributed by atoms with Crippen molar-refractivity contribution in [3.8, 4) is 0 Å². The van der Waals surface area contributed by atoms with Crippen molar-refractivity contribution in [1.82, 2.24) is 20.3 Å². The summed E-state index contributed by atoms with van der Waals surface area (Å²) in [4.78, 5) is 25.8. The number of fused-ring (bicyclic) bond motifs is 1. The van der Waals surface area contributed by atoms with Crippen molar-refractivity contribution in [2.75, 3.05) is 24.5 Å². The summed E-state index contributed by atoms with van der Waals surface area (Å²) in [6.45, 7) is 0.344. The Kier molecular flexibility index (Phi) is 4.57. The molecular formula is C11H15N5O3S3. The monoisotopic (exact) mass is 361 g/mol. The number of H-pyrrole nitrogens is 1. The number of amides is 1. The van der Waals surface area contributed by atoms with E-state index in [0.717, 1.165) is 5.03 Å². The second kappa shape index (κ2) is 6.30. The topological polar surface area (TPSA) is 114 Å². The lowest BCUT2D eigenvalue weighted by Gasteiger charge is -2.52. The number of carbonyl (C=O) groups is 2. The number of ether oxygens (including phenoxy) is 1. The van der Waals surface area contributed by atoms with Gasteiger partial charge in [0.2, 0.25) is 5.91 Å². The predicted octanol–water partition coefficient (Wildman–Crippen LogP) is -0.258. The van der Waals surface area contributed by atoms with Crippen molar-refractivity contribution in [3.63, 3.8) is 0 Å². The van der Waals surface area contributed by atoms with Gasteiger partial charge in [-0.1, -0.05) is 17.0 Å². The molecule has 11 heteroatoms. The summed E-state index contributed by atoms with van der Waals surface area (Å²) in [5.74, 6) is 0.172. The smallest absolute Gasteiger partial charge is 0.324 e. The van der Waals surface area contributed by atoms with E-state index in [4.69, 9.17) is 10.5 Å². The first-order chi connectivity index (χ1) is 10.6. The molecule has 3 rings (SSSR count). The van der Waals surface area contributed by atoms with Crippen LogP contribution in [0.4, 0.5) is 0 Å². The Morgan fingerprint density at radius 2 is 2.55 bits per heavy atom. The Labute approximate surface area is 139 Å². The lowest BCUT2D eigenvalue weighted by Crippen LogP contribution is -2.73. The number of nitrogens with zero attached hydrogens (tertiary/aromatic N) is 3. The maximum atomic E-state index is 12.3. The number of esters is 1. The zero-order chi connectivity index (χ0) is 15.7. The molecule has 1 amide bonds. The van der Waals surface area contributed by atoms with E-state index >= 15 is 0 Å². The first kappa shape index (κ1) is 16.0. The molecule has 3 N–H and O–H groups in total. The molecule has 22 heavy (non-hydrogen) atoms. The van der Waals surface area contributed by atoms with E-state index in [1.165, 1.54) is 30.6 Å². The number of thioether (sulfide) groups is 3. The minimum Gasteiger partial charge on any atom is -0.468 e. The Hall–Kier alpha value is -0.910. The normalized spacial score (nSPS) is 30.6. The van der Waals surface area contributed by atoms with Crippen molar-refractivity contribution in [1.29, 1.82) is 0 Å². The molecule has 0 bridgehead atoms. The van der Waals surface area contributed by atoms with Crippen LogP contribution in [-0.4, -0.2) is 72.8 Å². The molecule has 0 saturated carbocycles. The van der Waals surface area contributed by atoms with Gasteiger partial charge in [0.15, 0.2) is 0 Å². The van der Waals surface area contributed by atoms with E-state index in [1.807, 2.05) is 0 Å². The van der Waals surface area contributed by atoms with Crippen LogP contribution in [0.5, 0.6) is 0 Å². The van der Waals surface area contributed by atoms with E-state index in [9.17, 15) is 9.59 Å². The second-order valence-corrected chi connectivity index (χ2v) is 8.75. The quantitative estimate of drug-likeness (QED) is 0.317. The third-order valence-electron chi connectivity index (χ3n) is 3.60. The van der Waals surface area contributed by atoms with Gasteiger partial charge in [-0.2, -0.15) is 0 Å². The van der Waals surface area contributed by atoms with Crippen molar-refractivity contribution in [2.24, 2.45) is 5.73 Å². The van der Waals surface area contributed by atoms with Gasteiger partial charge in [-0.15, -0.1) is 28.6 Å². The van der Waals surface area contributed by atoms with Gasteiger partial charge >= 0.3 is 5.97 Å². The summed E-state index contributed by atoms with van der Waals surface area (Å²) in [7, 11) is 1.37. The molecule has 0 radical (unpaired) electrons. The van der Waals surface area contributed by atoms with Gasteiger partial charge in [-0.05, 0) is 0 Å². The van der Waals surface area contributed by atoms with Crippen LogP contribution in [0.15, 0.2) is 11.2 Å². The number of methoxy groups -OCH3 is 1. The standard InChI is InChI=1S/C11H15N5O3S3/c1-19-10(18)11(22-5-21-6-2-13-15-14-6)3-16-8(17)7(12)9(16)20-4-11/h2,7,9H,3-5,12H2,1H3,(H,13,14,15)/t7?,9-,11?/m1/s1. The maximum absolute atomic E-state index is 12.3. The molecule has 120 valence electrons. The van der Waals surface area contributed by atoms with Gasteiger partial charge in [-0.25, -0.2) is 0 Å². The Bertz CT molecular complexity index is 571. The number of aromatic nitrogens is 3. The minimum absolute atomic E-state index is 0.0182. The molecule has 3 atom stereocenters. The van der Waals surface area contributed by atoms with E-state index in [-0.39, 0.29) is 17.3 Å². The van der Waals surface area contributed by atoms with Crippen molar-refractivity contribution >= 4 is 47.2 Å². The molecule has 1 aromatic heterocycles. The van der Waals surface area contributed by atoms with Crippen LogP contribution in [0.1, 0.15) is 0 Å². The first-order valence-corrected chi connectivity index (χ1v) is 9.48. The average molecular weight is 361 g/mol. The number of β-lactam (4-membered cyclic amide) rings is 1. The van der Waals surface area contributed by atoms with E-state index in [0.29, 0.717) is 17.4 Å². The van der Waals surface area contributed by atoms with Crippen LogP contribution in [0, 0.1) is 0 Å². The third-order valence-corrected chi connectivity index (χ3v) is 7.77. The lowest BCUT2D eigenvalue weighted by atomic mass is 10.0. The number of aromatic amines is 1. The minimum atomic E-state index is -0.758. The fourth-order valence-electron chi connectivity index (χ4n) is 2.37. The molecule has 0 aromatic carbocycles.